The molecule has 9 heteroatoms. The number of nitrogens with one attached hydrogen (secondary N) is 2. The fourth-order valence-electron chi connectivity index (χ4n) is 2.25. The Labute approximate surface area is 160 Å². The molecular weight excluding hydrogens is 366 g/mol. The van der Waals surface area contributed by atoms with Crippen LogP contribution in [-0.2, 0) is 20.7 Å². The van der Waals surface area contributed by atoms with Crippen molar-refractivity contribution in [2.24, 2.45) is 0 Å². The number of nitro benzene ring substituents is 1. The summed E-state index contributed by atoms with van der Waals surface area (Å²) in [6.07, 6.45) is 0.653. The number of hydrogen-bond acceptors (Lipinski definition) is 6. The maximum atomic E-state index is 11.9. The SMILES string of the molecule is O=C(COC(=O)CNC(=O)c1cccc([N+](=O)[O-])c1)NCCc1ccccc1. The Morgan fingerprint density at radius 1 is 1.00 bits per heavy atom. The molecule has 0 aromatic heterocycles. The Morgan fingerprint density at radius 2 is 1.75 bits per heavy atom. The molecule has 0 aliphatic heterocycles. The minimum Gasteiger partial charge on any atom is -0.454 e. The van der Waals surface area contributed by atoms with Gasteiger partial charge in [-0.2, -0.15) is 0 Å². The smallest absolute Gasteiger partial charge is 0.325 e. The molecule has 146 valence electrons. The zero-order chi connectivity index (χ0) is 20.4. The topological polar surface area (TPSA) is 128 Å². The lowest BCUT2D eigenvalue weighted by Gasteiger charge is -2.08. The van der Waals surface area contributed by atoms with Crippen molar-refractivity contribution in [3.8, 4) is 0 Å². The van der Waals surface area contributed by atoms with E-state index in [4.69, 9.17) is 4.74 Å². The van der Waals surface area contributed by atoms with E-state index in [2.05, 4.69) is 10.6 Å². The molecule has 0 radical (unpaired) electrons. The summed E-state index contributed by atoms with van der Waals surface area (Å²) in [7, 11) is 0. The van der Waals surface area contributed by atoms with Crippen molar-refractivity contribution in [3.05, 3.63) is 75.8 Å². The van der Waals surface area contributed by atoms with Crippen LogP contribution in [0.15, 0.2) is 54.6 Å². The number of benzene rings is 2. The van der Waals surface area contributed by atoms with E-state index < -0.39 is 35.9 Å². The van der Waals surface area contributed by atoms with Gasteiger partial charge in [-0.1, -0.05) is 36.4 Å². The number of carbonyl (C=O) groups is 3. The van der Waals surface area contributed by atoms with Gasteiger partial charge in [0.25, 0.3) is 17.5 Å². The summed E-state index contributed by atoms with van der Waals surface area (Å²) >= 11 is 0. The van der Waals surface area contributed by atoms with Crippen LogP contribution in [0, 0.1) is 10.1 Å². The van der Waals surface area contributed by atoms with Gasteiger partial charge in [-0.25, -0.2) is 0 Å². The average Bonchev–Trinajstić information content (AvgIpc) is 2.71. The molecule has 0 aliphatic rings. The first-order valence-corrected chi connectivity index (χ1v) is 8.44. The van der Waals surface area contributed by atoms with E-state index in [1.165, 1.54) is 18.2 Å². The van der Waals surface area contributed by atoms with Gasteiger partial charge in [0.15, 0.2) is 6.61 Å². The van der Waals surface area contributed by atoms with Gasteiger partial charge in [0, 0.05) is 24.2 Å². The molecule has 9 nitrogen and oxygen atoms in total. The second-order valence-electron chi connectivity index (χ2n) is 5.74. The molecule has 28 heavy (non-hydrogen) atoms. The van der Waals surface area contributed by atoms with Gasteiger partial charge >= 0.3 is 5.97 Å². The summed E-state index contributed by atoms with van der Waals surface area (Å²) in [6, 6.07) is 14.7. The minimum absolute atomic E-state index is 0.0423. The monoisotopic (exact) mass is 385 g/mol. The number of nitrogens with zero attached hydrogens (tertiary/aromatic N) is 1. The highest BCUT2D eigenvalue weighted by atomic mass is 16.6. The molecule has 2 aromatic carbocycles. The Balaban J connectivity index is 1.66. The molecule has 0 saturated heterocycles. The summed E-state index contributed by atoms with van der Waals surface area (Å²) in [6.45, 7) is -0.511. The Kier molecular flexibility index (Phi) is 7.64. The van der Waals surface area contributed by atoms with E-state index in [9.17, 15) is 24.5 Å². The highest BCUT2D eigenvalue weighted by Crippen LogP contribution is 2.12. The summed E-state index contributed by atoms with van der Waals surface area (Å²) in [5, 5.41) is 15.6. The van der Waals surface area contributed by atoms with Crippen LogP contribution >= 0.6 is 0 Å². The van der Waals surface area contributed by atoms with Crippen molar-refractivity contribution in [1.29, 1.82) is 0 Å². The fourth-order valence-corrected chi connectivity index (χ4v) is 2.25. The first-order valence-electron chi connectivity index (χ1n) is 8.44. The first kappa shape index (κ1) is 20.6. The van der Waals surface area contributed by atoms with Gasteiger partial charge in [-0.05, 0) is 18.1 Å². The van der Waals surface area contributed by atoms with E-state index in [1.54, 1.807) is 0 Å². The highest BCUT2D eigenvalue weighted by Gasteiger charge is 2.13. The zero-order valence-electron chi connectivity index (χ0n) is 14.9. The number of amides is 2. The van der Waals surface area contributed by atoms with Crippen LogP contribution in [-0.4, -0.2) is 42.4 Å². The van der Waals surface area contributed by atoms with E-state index in [0.717, 1.165) is 11.6 Å². The third-order valence-corrected chi connectivity index (χ3v) is 3.66. The summed E-state index contributed by atoms with van der Waals surface area (Å²) < 4.78 is 4.78. The number of esters is 1. The third-order valence-electron chi connectivity index (χ3n) is 3.66. The number of ether oxygens (including phenoxy) is 1. The van der Waals surface area contributed by atoms with Crippen molar-refractivity contribution in [2.45, 2.75) is 6.42 Å². The molecule has 2 aromatic rings. The Hall–Kier alpha value is -3.75. The summed E-state index contributed by atoms with van der Waals surface area (Å²) in [5.74, 6) is -1.90. The van der Waals surface area contributed by atoms with Crippen LogP contribution in [0.5, 0.6) is 0 Å². The lowest BCUT2D eigenvalue weighted by molar-refractivity contribution is -0.384. The largest absolute Gasteiger partial charge is 0.454 e. The minimum atomic E-state index is -0.794. The number of hydrogen-bond donors (Lipinski definition) is 2. The van der Waals surface area contributed by atoms with Crippen molar-refractivity contribution in [2.75, 3.05) is 19.7 Å². The zero-order valence-corrected chi connectivity index (χ0v) is 14.9. The standard InChI is InChI=1S/C19H19N3O6/c23-17(20-10-9-14-5-2-1-3-6-14)13-28-18(24)12-21-19(25)15-7-4-8-16(11-15)22(26)27/h1-8,11H,9-10,12-13H2,(H,20,23)(H,21,25). The molecule has 2 rings (SSSR count). The molecule has 0 atom stereocenters. The van der Waals surface area contributed by atoms with Crippen LogP contribution in [0.2, 0.25) is 0 Å². The average molecular weight is 385 g/mol. The molecule has 2 amide bonds. The molecule has 0 fully saturated rings. The number of rotatable bonds is 9. The van der Waals surface area contributed by atoms with Gasteiger partial charge in [0.1, 0.15) is 6.54 Å². The van der Waals surface area contributed by atoms with Crippen LogP contribution in [0.1, 0.15) is 15.9 Å². The third kappa shape index (κ3) is 6.87. The number of non-ortho nitro benzene ring substituents is 1. The van der Waals surface area contributed by atoms with Crippen molar-refractivity contribution in [1.82, 2.24) is 10.6 Å². The molecule has 0 heterocycles. The normalized spacial score (nSPS) is 10.0. The summed E-state index contributed by atoms with van der Waals surface area (Å²) in [4.78, 5) is 45.3. The van der Waals surface area contributed by atoms with Crippen LogP contribution < -0.4 is 10.6 Å². The molecular formula is C19H19N3O6. The van der Waals surface area contributed by atoms with Crippen LogP contribution in [0.25, 0.3) is 0 Å². The molecule has 0 unspecified atom stereocenters. The second kappa shape index (κ2) is 10.4. The highest BCUT2D eigenvalue weighted by molar-refractivity contribution is 5.96. The predicted octanol–water partition coefficient (Wildman–Crippen LogP) is 1.23. The van der Waals surface area contributed by atoms with E-state index in [0.29, 0.717) is 13.0 Å². The van der Waals surface area contributed by atoms with E-state index in [-0.39, 0.29) is 11.3 Å². The molecule has 0 saturated carbocycles. The van der Waals surface area contributed by atoms with Crippen LogP contribution in [0.4, 0.5) is 5.69 Å². The maximum Gasteiger partial charge on any atom is 0.325 e. The van der Waals surface area contributed by atoms with Gasteiger partial charge < -0.3 is 15.4 Å². The van der Waals surface area contributed by atoms with Crippen molar-refractivity contribution in [3.63, 3.8) is 0 Å². The first-order chi connectivity index (χ1) is 13.5. The molecule has 0 bridgehead atoms. The Bertz CT molecular complexity index is 854. The maximum absolute atomic E-state index is 11.9. The summed E-state index contributed by atoms with van der Waals surface area (Å²) in [5.41, 5.74) is 0.881. The molecule has 0 spiro atoms. The van der Waals surface area contributed by atoms with Crippen molar-refractivity contribution < 1.29 is 24.0 Å². The van der Waals surface area contributed by atoms with E-state index >= 15 is 0 Å². The molecule has 2 N–H and O–H groups in total. The predicted molar refractivity (Wildman–Crippen MR) is 99.5 cm³/mol. The van der Waals surface area contributed by atoms with Gasteiger partial charge in [0.2, 0.25) is 0 Å². The quantitative estimate of drug-likeness (QED) is 0.380. The lowest BCUT2D eigenvalue weighted by atomic mass is 10.1. The fraction of sp³-hybridized carbons (Fsp3) is 0.211. The van der Waals surface area contributed by atoms with E-state index in [1.807, 2.05) is 30.3 Å². The van der Waals surface area contributed by atoms with Gasteiger partial charge in [0.05, 0.1) is 4.92 Å². The van der Waals surface area contributed by atoms with Crippen LogP contribution in [0.3, 0.4) is 0 Å². The number of nitro groups is 1. The Morgan fingerprint density at radius 3 is 2.46 bits per heavy atom. The second-order valence-corrected chi connectivity index (χ2v) is 5.74. The molecule has 0 aliphatic carbocycles. The van der Waals surface area contributed by atoms with Crippen molar-refractivity contribution >= 4 is 23.5 Å². The van der Waals surface area contributed by atoms with Gasteiger partial charge in [-0.15, -0.1) is 0 Å². The van der Waals surface area contributed by atoms with Gasteiger partial charge in [-0.3, -0.25) is 24.5 Å². The number of carbonyl (C=O) groups excluding carboxylic acids is 3. The lowest BCUT2D eigenvalue weighted by Crippen LogP contribution is -2.34.